The third-order valence-corrected chi connectivity index (χ3v) is 3.82. The average Bonchev–Trinajstić information content (AvgIpc) is 3.20. The highest BCUT2D eigenvalue weighted by Crippen LogP contribution is 2.39. The molecule has 0 unspecified atom stereocenters. The molecule has 100 valence electrons. The van der Waals surface area contributed by atoms with Gasteiger partial charge in [-0.3, -0.25) is 0 Å². The van der Waals surface area contributed by atoms with Crippen LogP contribution in [0.5, 0.6) is 11.5 Å². The molecule has 3 nitrogen and oxygen atoms in total. The van der Waals surface area contributed by atoms with Gasteiger partial charge >= 0.3 is 0 Å². The van der Waals surface area contributed by atoms with Crippen molar-refractivity contribution in [1.29, 1.82) is 0 Å². The SMILES string of the molecule is COc1cccc(CNC(C)(C)C2CC2)c1OC. The van der Waals surface area contributed by atoms with Crippen molar-refractivity contribution in [3.63, 3.8) is 0 Å². The molecular formula is C15H23NO2. The lowest BCUT2D eigenvalue weighted by molar-refractivity contribution is 0.326. The van der Waals surface area contributed by atoms with Crippen molar-refractivity contribution in [3.8, 4) is 11.5 Å². The summed E-state index contributed by atoms with van der Waals surface area (Å²) >= 11 is 0. The molecule has 0 spiro atoms. The summed E-state index contributed by atoms with van der Waals surface area (Å²) in [5.41, 5.74) is 1.35. The maximum absolute atomic E-state index is 5.44. The molecule has 1 saturated carbocycles. The Labute approximate surface area is 109 Å². The molecule has 0 bridgehead atoms. The highest BCUT2D eigenvalue weighted by atomic mass is 16.5. The van der Waals surface area contributed by atoms with E-state index in [2.05, 4.69) is 25.2 Å². The lowest BCUT2D eigenvalue weighted by atomic mass is 9.98. The first-order chi connectivity index (χ1) is 8.58. The number of nitrogens with one attached hydrogen (secondary N) is 1. The molecule has 0 amide bonds. The molecule has 1 aromatic carbocycles. The van der Waals surface area contributed by atoms with E-state index in [-0.39, 0.29) is 5.54 Å². The standard InChI is InChI=1S/C15H23NO2/c1-15(2,12-8-9-12)16-10-11-6-5-7-13(17-3)14(11)18-4/h5-7,12,16H,8-10H2,1-4H3. The van der Waals surface area contributed by atoms with Crippen LogP contribution in [0.4, 0.5) is 0 Å². The van der Waals surface area contributed by atoms with Crippen LogP contribution in [-0.2, 0) is 6.54 Å². The number of rotatable bonds is 6. The van der Waals surface area contributed by atoms with Crippen LogP contribution in [0.25, 0.3) is 0 Å². The van der Waals surface area contributed by atoms with Gasteiger partial charge in [0.15, 0.2) is 11.5 Å². The Morgan fingerprint density at radius 2 is 1.94 bits per heavy atom. The molecule has 3 heteroatoms. The van der Waals surface area contributed by atoms with Crippen molar-refractivity contribution in [3.05, 3.63) is 23.8 Å². The lowest BCUT2D eigenvalue weighted by Crippen LogP contribution is -2.40. The normalized spacial score (nSPS) is 15.6. The molecule has 1 fully saturated rings. The summed E-state index contributed by atoms with van der Waals surface area (Å²) in [6.45, 7) is 5.36. The molecular weight excluding hydrogens is 226 g/mol. The van der Waals surface area contributed by atoms with Gasteiger partial charge in [0, 0.05) is 17.6 Å². The van der Waals surface area contributed by atoms with Crippen LogP contribution in [0, 0.1) is 5.92 Å². The van der Waals surface area contributed by atoms with Crippen LogP contribution >= 0.6 is 0 Å². The number of hydrogen-bond acceptors (Lipinski definition) is 3. The van der Waals surface area contributed by atoms with Crippen LogP contribution in [0.1, 0.15) is 32.3 Å². The van der Waals surface area contributed by atoms with E-state index in [9.17, 15) is 0 Å². The zero-order valence-electron chi connectivity index (χ0n) is 11.7. The molecule has 0 aromatic heterocycles. The fraction of sp³-hybridized carbons (Fsp3) is 0.600. The van der Waals surface area contributed by atoms with Crippen molar-refractivity contribution in [2.45, 2.75) is 38.8 Å². The average molecular weight is 249 g/mol. The highest BCUT2D eigenvalue weighted by Gasteiger charge is 2.37. The molecule has 1 aromatic rings. The molecule has 1 N–H and O–H groups in total. The Morgan fingerprint density at radius 1 is 1.22 bits per heavy atom. The zero-order chi connectivity index (χ0) is 13.2. The molecule has 0 atom stereocenters. The van der Waals surface area contributed by atoms with Gasteiger partial charge in [-0.1, -0.05) is 12.1 Å². The van der Waals surface area contributed by atoms with E-state index in [4.69, 9.17) is 9.47 Å². The molecule has 1 aliphatic carbocycles. The summed E-state index contributed by atoms with van der Waals surface area (Å²) in [4.78, 5) is 0. The van der Waals surface area contributed by atoms with Crippen LogP contribution in [0.15, 0.2) is 18.2 Å². The topological polar surface area (TPSA) is 30.5 Å². The van der Waals surface area contributed by atoms with Crippen molar-refractivity contribution < 1.29 is 9.47 Å². The van der Waals surface area contributed by atoms with E-state index in [1.54, 1.807) is 14.2 Å². The van der Waals surface area contributed by atoms with Crippen LogP contribution in [0.3, 0.4) is 0 Å². The molecule has 0 heterocycles. The molecule has 0 saturated heterocycles. The largest absolute Gasteiger partial charge is 0.493 e. The number of methoxy groups -OCH3 is 2. The van der Waals surface area contributed by atoms with Gasteiger partial charge in [0.05, 0.1) is 14.2 Å². The number of hydrogen-bond donors (Lipinski definition) is 1. The summed E-state index contributed by atoms with van der Waals surface area (Å²) < 4.78 is 10.8. The first-order valence-electron chi connectivity index (χ1n) is 6.53. The Morgan fingerprint density at radius 3 is 2.50 bits per heavy atom. The predicted molar refractivity (Wildman–Crippen MR) is 73.2 cm³/mol. The lowest BCUT2D eigenvalue weighted by Gasteiger charge is -2.27. The van der Waals surface area contributed by atoms with Crippen molar-refractivity contribution in [2.75, 3.05) is 14.2 Å². The van der Waals surface area contributed by atoms with Gasteiger partial charge in [-0.05, 0) is 38.7 Å². The maximum Gasteiger partial charge on any atom is 0.165 e. The van der Waals surface area contributed by atoms with Gasteiger partial charge in [0.25, 0.3) is 0 Å². The minimum atomic E-state index is 0.202. The quantitative estimate of drug-likeness (QED) is 0.840. The third kappa shape index (κ3) is 2.78. The summed E-state index contributed by atoms with van der Waals surface area (Å²) in [5, 5.41) is 3.63. The van der Waals surface area contributed by atoms with Crippen molar-refractivity contribution in [2.24, 2.45) is 5.92 Å². The van der Waals surface area contributed by atoms with E-state index in [0.717, 1.165) is 29.5 Å². The van der Waals surface area contributed by atoms with Crippen molar-refractivity contribution in [1.82, 2.24) is 5.32 Å². The van der Waals surface area contributed by atoms with E-state index in [1.807, 2.05) is 12.1 Å². The highest BCUT2D eigenvalue weighted by molar-refractivity contribution is 5.46. The Hall–Kier alpha value is -1.22. The second-order valence-electron chi connectivity index (χ2n) is 5.50. The third-order valence-electron chi connectivity index (χ3n) is 3.82. The second kappa shape index (κ2) is 5.19. The second-order valence-corrected chi connectivity index (χ2v) is 5.50. The molecule has 18 heavy (non-hydrogen) atoms. The van der Waals surface area contributed by atoms with Gasteiger partial charge in [0.2, 0.25) is 0 Å². The van der Waals surface area contributed by atoms with Gasteiger partial charge in [-0.2, -0.15) is 0 Å². The van der Waals surface area contributed by atoms with Crippen LogP contribution in [0.2, 0.25) is 0 Å². The molecule has 1 aliphatic rings. The van der Waals surface area contributed by atoms with Gasteiger partial charge in [-0.15, -0.1) is 0 Å². The summed E-state index contributed by atoms with van der Waals surface area (Å²) in [6, 6.07) is 6.01. The fourth-order valence-corrected chi connectivity index (χ4v) is 2.37. The minimum absolute atomic E-state index is 0.202. The van der Waals surface area contributed by atoms with Gasteiger partial charge < -0.3 is 14.8 Å². The van der Waals surface area contributed by atoms with E-state index >= 15 is 0 Å². The van der Waals surface area contributed by atoms with Crippen LogP contribution < -0.4 is 14.8 Å². The summed E-state index contributed by atoms with van der Waals surface area (Å²) in [6.07, 6.45) is 2.69. The smallest absolute Gasteiger partial charge is 0.165 e. The maximum atomic E-state index is 5.44. The van der Waals surface area contributed by atoms with Gasteiger partial charge in [0.1, 0.15) is 0 Å². The first kappa shape index (κ1) is 13.2. The summed E-state index contributed by atoms with van der Waals surface area (Å²) in [7, 11) is 3.36. The number of ether oxygens (including phenoxy) is 2. The van der Waals surface area contributed by atoms with Crippen molar-refractivity contribution >= 4 is 0 Å². The zero-order valence-corrected chi connectivity index (χ0v) is 11.7. The van der Waals surface area contributed by atoms with E-state index in [0.29, 0.717) is 0 Å². The fourth-order valence-electron chi connectivity index (χ4n) is 2.37. The van der Waals surface area contributed by atoms with E-state index in [1.165, 1.54) is 12.8 Å². The Bertz CT molecular complexity index is 411. The van der Waals surface area contributed by atoms with E-state index < -0.39 is 0 Å². The van der Waals surface area contributed by atoms with Gasteiger partial charge in [-0.25, -0.2) is 0 Å². The Balaban J connectivity index is 2.08. The molecule has 0 aliphatic heterocycles. The first-order valence-corrected chi connectivity index (χ1v) is 6.53. The van der Waals surface area contributed by atoms with Crippen LogP contribution in [-0.4, -0.2) is 19.8 Å². The molecule has 2 rings (SSSR count). The Kier molecular flexibility index (Phi) is 3.81. The monoisotopic (exact) mass is 249 g/mol. The predicted octanol–water partition coefficient (Wildman–Crippen LogP) is 2.98. The molecule has 0 radical (unpaired) electrons. The number of benzene rings is 1. The summed E-state index contributed by atoms with van der Waals surface area (Å²) in [5.74, 6) is 2.44. The minimum Gasteiger partial charge on any atom is -0.493 e. The number of para-hydroxylation sites is 1.